The van der Waals surface area contributed by atoms with Crippen molar-refractivity contribution in [3.8, 4) is 0 Å². The predicted octanol–water partition coefficient (Wildman–Crippen LogP) is 1.46. The minimum atomic E-state index is -0.104. The van der Waals surface area contributed by atoms with Crippen LogP contribution in [0.3, 0.4) is 0 Å². The van der Waals surface area contributed by atoms with Gasteiger partial charge in [-0.2, -0.15) is 0 Å². The lowest BCUT2D eigenvalue weighted by molar-refractivity contribution is -0.0145. The van der Waals surface area contributed by atoms with E-state index in [0.717, 1.165) is 25.7 Å². The van der Waals surface area contributed by atoms with Gasteiger partial charge in [0, 0.05) is 38.9 Å². The van der Waals surface area contributed by atoms with Crippen LogP contribution < -0.4 is 5.32 Å². The number of ether oxygens (including phenoxy) is 1. The zero-order valence-electron chi connectivity index (χ0n) is 13.7. The second-order valence-electron chi connectivity index (χ2n) is 6.87. The fraction of sp³-hybridized carbons (Fsp3) is 0.647. The Balaban J connectivity index is 1.43. The van der Waals surface area contributed by atoms with E-state index in [4.69, 9.17) is 9.15 Å². The molecule has 3 fully saturated rings. The molecule has 3 saturated heterocycles. The van der Waals surface area contributed by atoms with E-state index in [1.165, 1.54) is 6.26 Å². The molecule has 3 aliphatic heterocycles. The number of hydrogen-bond acceptors (Lipinski definition) is 4. The van der Waals surface area contributed by atoms with Crippen LogP contribution in [0.2, 0.25) is 0 Å². The zero-order valence-corrected chi connectivity index (χ0v) is 13.7. The Morgan fingerprint density at radius 3 is 2.67 bits per heavy atom. The highest BCUT2D eigenvalue weighted by Crippen LogP contribution is 2.35. The molecule has 0 radical (unpaired) electrons. The number of urea groups is 1. The molecule has 130 valence electrons. The van der Waals surface area contributed by atoms with Crippen molar-refractivity contribution in [3.63, 3.8) is 0 Å². The molecule has 0 aromatic carbocycles. The molecule has 1 aromatic heterocycles. The average molecular weight is 333 g/mol. The van der Waals surface area contributed by atoms with Crippen LogP contribution in [0.5, 0.6) is 0 Å². The van der Waals surface area contributed by atoms with Crippen molar-refractivity contribution < 1.29 is 18.7 Å². The van der Waals surface area contributed by atoms with Gasteiger partial charge in [-0.3, -0.25) is 4.79 Å². The SMILES string of the molecule is O=C(c1ccco1)N1CCC(N2C(=O)NCC23CCOCC3)CC1. The van der Waals surface area contributed by atoms with Crippen molar-refractivity contribution in [1.82, 2.24) is 15.1 Å². The van der Waals surface area contributed by atoms with Crippen LogP contribution in [0.4, 0.5) is 4.79 Å². The third-order valence-electron chi connectivity index (χ3n) is 5.57. The maximum atomic E-state index is 12.4. The van der Waals surface area contributed by atoms with Crippen LogP contribution in [0.25, 0.3) is 0 Å². The largest absolute Gasteiger partial charge is 0.459 e. The summed E-state index contributed by atoms with van der Waals surface area (Å²) >= 11 is 0. The molecular formula is C17H23N3O4. The Hall–Kier alpha value is -2.02. The molecule has 4 rings (SSSR count). The Kier molecular flexibility index (Phi) is 3.96. The Bertz CT molecular complexity index is 601. The van der Waals surface area contributed by atoms with Crippen molar-refractivity contribution >= 4 is 11.9 Å². The van der Waals surface area contributed by atoms with Gasteiger partial charge in [0.05, 0.1) is 11.8 Å². The van der Waals surface area contributed by atoms with Crippen molar-refractivity contribution in [1.29, 1.82) is 0 Å². The summed E-state index contributed by atoms with van der Waals surface area (Å²) in [6, 6.07) is 3.64. The van der Waals surface area contributed by atoms with E-state index >= 15 is 0 Å². The molecule has 0 bridgehead atoms. The number of furan rings is 1. The summed E-state index contributed by atoms with van der Waals surface area (Å²) in [7, 11) is 0. The number of amides is 3. The molecule has 0 atom stereocenters. The molecule has 1 N–H and O–H groups in total. The van der Waals surface area contributed by atoms with Gasteiger partial charge in [0.25, 0.3) is 5.91 Å². The lowest BCUT2D eigenvalue weighted by atomic mass is 9.86. The summed E-state index contributed by atoms with van der Waals surface area (Å²) in [5.41, 5.74) is -0.104. The monoisotopic (exact) mass is 333 g/mol. The molecule has 7 nitrogen and oxygen atoms in total. The maximum Gasteiger partial charge on any atom is 0.318 e. The molecule has 1 aromatic rings. The van der Waals surface area contributed by atoms with Crippen LogP contribution in [-0.2, 0) is 4.74 Å². The number of rotatable bonds is 2. The molecule has 3 aliphatic rings. The second kappa shape index (κ2) is 6.12. The number of piperidine rings is 1. The highest BCUT2D eigenvalue weighted by atomic mass is 16.5. The van der Waals surface area contributed by atoms with Crippen LogP contribution in [0.1, 0.15) is 36.2 Å². The third-order valence-corrected chi connectivity index (χ3v) is 5.57. The van der Waals surface area contributed by atoms with E-state index in [9.17, 15) is 9.59 Å². The summed E-state index contributed by atoms with van der Waals surface area (Å²) in [5, 5.41) is 3.02. The fourth-order valence-electron chi connectivity index (χ4n) is 4.23. The van der Waals surface area contributed by atoms with Crippen LogP contribution in [-0.4, -0.2) is 66.2 Å². The van der Waals surface area contributed by atoms with Crippen molar-refractivity contribution in [2.45, 2.75) is 37.3 Å². The maximum absolute atomic E-state index is 12.4. The Labute approximate surface area is 140 Å². The average Bonchev–Trinajstić information content (AvgIpc) is 3.25. The minimum absolute atomic E-state index is 0.0349. The first-order valence-corrected chi connectivity index (χ1v) is 8.67. The summed E-state index contributed by atoms with van der Waals surface area (Å²) in [6.07, 6.45) is 4.91. The predicted molar refractivity (Wildman–Crippen MR) is 85.7 cm³/mol. The van der Waals surface area contributed by atoms with Gasteiger partial charge in [-0.05, 0) is 37.8 Å². The third kappa shape index (κ3) is 2.56. The van der Waals surface area contributed by atoms with E-state index in [0.29, 0.717) is 38.6 Å². The van der Waals surface area contributed by atoms with Gasteiger partial charge in [-0.15, -0.1) is 0 Å². The highest BCUT2D eigenvalue weighted by molar-refractivity contribution is 5.91. The first-order chi connectivity index (χ1) is 11.7. The van der Waals surface area contributed by atoms with Gasteiger partial charge in [-0.1, -0.05) is 0 Å². The number of nitrogens with zero attached hydrogens (tertiary/aromatic N) is 2. The zero-order chi connectivity index (χ0) is 16.6. The van der Waals surface area contributed by atoms with E-state index in [-0.39, 0.29) is 23.5 Å². The smallest absolute Gasteiger partial charge is 0.318 e. The number of carbonyl (C=O) groups is 2. The summed E-state index contributed by atoms with van der Waals surface area (Å²) in [6.45, 7) is 3.43. The Morgan fingerprint density at radius 1 is 1.25 bits per heavy atom. The number of likely N-dealkylation sites (tertiary alicyclic amines) is 1. The molecule has 7 heteroatoms. The summed E-state index contributed by atoms with van der Waals surface area (Å²) in [5.74, 6) is 0.318. The molecule has 24 heavy (non-hydrogen) atoms. The fourth-order valence-corrected chi connectivity index (χ4v) is 4.23. The van der Waals surface area contributed by atoms with E-state index < -0.39 is 0 Å². The Morgan fingerprint density at radius 2 is 2.00 bits per heavy atom. The van der Waals surface area contributed by atoms with Gasteiger partial charge in [0.15, 0.2) is 5.76 Å². The van der Waals surface area contributed by atoms with Crippen molar-refractivity contribution in [3.05, 3.63) is 24.2 Å². The number of hydrogen-bond donors (Lipinski definition) is 1. The summed E-state index contributed by atoms with van der Waals surface area (Å²) < 4.78 is 10.7. The molecule has 1 spiro atoms. The van der Waals surface area contributed by atoms with Gasteiger partial charge in [0.1, 0.15) is 0 Å². The first-order valence-electron chi connectivity index (χ1n) is 8.67. The standard InChI is InChI=1S/C17H23N3O4/c21-15(14-2-1-9-24-14)19-7-3-13(4-8-19)20-16(22)18-12-17(20)5-10-23-11-6-17/h1-2,9,13H,3-8,10-12H2,(H,18,22). The van der Waals surface area contributed by atoms with E-state index in [1.807, 2.05) is 4.90 Å². The normalized spacial score (nSPS) is 24.4. The molecule has 0 saturated carbocycles. The molecule has 0 aliphatic carbocycles. The quantitative estimate of drug-likeness (QED) is 0.889. The van der Waals surface area contributed by atoms with Crippen LogP contribution in [0, 0.1) is 0 Å². The van der Waals surface area contributed by atoms with Crippen LogP contribution >= 0.6 is 0 Å². The lowest BCUT2D eigenvalue weighted by Crippen LogP contribution is -2.57. The first kappa shape index (κ1) is 15.5. The van der Waals surface area contributed by atoms with E-state index in [2.05, 4.69) is 10.2 Å². The van der Waals surface area contributed by atoms with Gasteiger partial charge in [-0.25, -0.2) is 4.79 Å². The second-order valence-corrected chi connectivity index (χ2v) is 6.87. The number of nitrogens with one attached hydrogen (secondary N) is 1. The molecule has 3 amide bonds. The number of carbonyl (C=O) groups excluding carboxylic acids is 2. The highest BCUT2D eigenvalue weighted by Gasteiger charge is 2.49. The molecule has 4 heterocycles. The summed E-state index contributed by atoms with van der Waals surface area (Å²) in [4.78, 5) is 28.7. The van der Waals surface area contributed by atoms with Crippen molar-refractivity contribution in [2.75, 3.05) is 32.8 Å². The van der Waals surface area contributed by atoms with Gasteiger partial charge >= 0.3 is 6.03 Å². The molecule has 0 unspecified atom stereocenters. The van der Waals surface area contributed by atoms with Gasteiger partial charge in [0.2, 0.25) is 0 Å². The van der Waals surface area contributed by atoms with E-state index in [1.54, 1.807) is 12.1 Å². The molecular weight excluding hydrogens is 310 g/mol. The topological polar surface area (TPSA) is 75.0 Å². The van der Waals surface area contributed by atoms with Gasteiger partial charge < -0.3 is 24.3 Å². The van der Waals surface area contributed by atoms with Crippen LogP contribution in [0.15, 0.2) is 22.8 Å². The lowest BCUT2D eigenvalue weighted by Gasteiger charge is -2.46. The minimum Gasteiger partial charge on any atom is -0.459 e. The van der Waals surface area contributed by atoms with Crippen molar-refractivity contribution in [2.24, 2.45) is 0 Å².